The molecule has 5 heteroatoms. The lowest BCUT2D eigenvalue weighted by molar-refractivity contribution is 0.925. The van der Waals surface area contributed by atoms with E-state index in [-0.39, 0.29) is 0 Å². The normalized spacial score (nSPS) is 11.2. The first-order valence-electron chi connectivity index (χ1n) is 8.17. The number of nitrogens with one attached hydrogen (secondary N) is 1. The van der Waals surface area contributed by atoms with Gasteiger partial charge in [0.05, 0.1) is 23.4 Å². The van der Waals surface area contributed by atoms with Crippen molar-refractivity contribution in [1.82, 2.24) is 9.97 Å². The van der Waals surface area contributed by atoms with Gasteiger partial charge in [0.25, 0.3) is 0 Å². The minimum atomic E-state index is -0.459. The molecule has 1 aromatic heterocycles. The minimum Gasteiger partial charge on any atom is -0.324 e. The highest BCUT2D eigenvalue weighted by molar-refractivity contribution is 5.55. The monoisotopic (exact) mass is 339 g/mol. The van der Waals surface area contributed by atoms with Crippen LogP contribution in [0.1, 0.15) is 33.9 Å². The van der Waals surface area contributed by atoms with E-state index in [0.29, 0.717) is 17.2 Å². The van der Waals surface area contributed by atoms with Crippen LogP contribution >= 0.6 is 0 Å². The number of aryl methyl sites for hydroxylation is 2. The van der Waals surface area contributed by atoms with E-state index in [1.165, 1.54) is 0 Å². The molecule has 1 heterocycles. The SMILES string of the molecule is Cc1cccc(C(C#N)c2nc(Nc3ccc(C#N)cc3)ncc2C)c1. The fraction of sp³-hybridized carbons (Fsp3) is 0.143. The maximum atomic E-state index is 9.73. The summed E-state index contributed by atoms with van der Waals surface area (Å²) in [5, 5.41) is 21.7. The summed E-state index contributed by atoms with van der Waals surface area (Å²) in [5.41, 5.74) is 4.93. The van der Waals surface area contributed by atoms with Gasteiger partial charge in [-0.15, -0.1) is 0 Å². The quantitative estimate of drug-likeness (QED) is 0.763. The van der Waals surface area contributed by atoms with E-state index in [2.05, 4.69) is 27.4 Å². The lowest BCUT2D eigenvalue weighted by Crippen LogP contribution is -2.08. The zero-order valence-electron chi connectivity index (χ0n) is 14.6. The molecule has 1 unspecified atom stereocenters. The number of hydrogen-bond donors (Lipinski definition) is 1. The second-order valence-corrected chi connectivity index (χ2v) is 6.05. The van der Waals surface area contributed by atoms with E-state index in [1.807, 2.05) is 38.1 Å². The van der Waals surface area contributed by atoms with Crippen molar-refractivity contribution in [1.29, 1.82) is 10.5 Å². The zero-order valence-corrected chi connectivity index (χ0v) is 14.6. The molecule has 2 aromatic carbocycles. The summed E-state index contributed by atoms with van der Waals surface area (Å²) in [4.78, 5) is 8.89. The Balaban J connectivity index is 1.94. The lowest BCUT2D eigenvalue weighted by atomic mass is 9.93. The van der Waals surface area contributed by atoms with E-state index >= 15 is 0 Å². The van der Waals surface area contributed by atoms with Crippen molar-refractivity contribution in [3.63, 3.8) is 0 Å². The van der Waals surface area contributed by atoms with Crippen LogP contribution < -0.4 is 5.32 Å². The third-order valence-corrected chi connectivity index (χ3v) is 4.06. The van der Waals surface area contributed by atoms with Crippen LogP contribution in [0.5, 0.6) is 0 Å². The van der Waals surface area contributed by atoms with Crippen molar-refractivity contribution in [2.75, 3.05) is 5.32 Å². The Morgan fingerprint density at radius 1 is 1.04 bits per heavy atom. The van der Waals surface area contributed by atoms with Crippen molar-refractivity contribution < 1.29 is 0 Å². The smallest absolute Gasteiger partial charge is 0.227 e. The summed E-state index contributed by atoms with van der Waals surface area (Å²) in [5.74, 6) is -0.0392. The van der Waals surface area contributed by atoms with Gasteiger partial charge in [-0.2, -0.15) is 10.5 Å². The van der Waals surface area contributed by atoms with Crippen LogP contribution in [0, 0.1) is 36.5 Å². The summed E-state index contributed by atoms with van der Waals surface area (Å²) in [6.45, 7) is 3.91. The summed E-state index contributed by atoms with van der Waals surface area (Å²) in [6.07, 6.45) is 1.72. The first-order chi connectivity index (χ1) is 12.6. The molecule has 26 heavy (non-hydrogen) atoms. The molecule has 5 nitrogen and oxygen atoms in total. The second kappa shape index (κ2) is 7.46. The zero-order chi connectivity index (χ0) is 18.5. The number of anilines is 2. The Morgan fingerprint density at radius 2 is 1.81 bits per heavy atom. The van der Waals surface area contributed by atoms with Crippen LogP contribution in [-0.2, 0) is 0 Å². The van der Waals surface area contributed by atoms with E-state index in [0.717, 1.165) is 22.4 Å². The van der Waals surface area contributed by atoms with E-state index in [1.54, 1.807) is 30.5 Å². The summed E-state index contributed by atoms with van der Waals surface area (Å²) in [6, 6.07) is 19.4. The van der Waals surface area contributed by atoms with Gasteiger partial charge >= 0.3 is 0 Å². The number of hydrogen-bond acceptors (Lipinski definition) is 5. The number of rotatable bonds is 4. The lowest BCUT2D eigenvalue weighted by Gasteiger charge is -2.14. The second-order valence-electron chi connectivity index (χ2n) is 6.05. The van der Waals surface area contributed by atoms with Gasteiger partial charge < -0.3 is 5.32 Å². The average Bonchev–Trinajstić information content (AvgIpc) is 2.65. The van der Waals surface area contributed by atoms with Gasteiger partial charge in [0.15, 0.2) is 0 Å². The number of nitriles is 2. The van der Waals surface area contributed by atoms with Crippen molar-refractivity contribution in [2.45, 2.75) is 19.8 Å². The van der Waals surface area contributed by atoms with E-state index < -0.39 is 5.92 Å². The molecule has 0 radical (unpaired) electrons. The Kier molecular flexibility index (Phi) is 4.92. The van der Waals surface area contributed by atoms with Gasteiger partial charge in [0.1, 0.15) is 5.92 Å². The molecule has 0 fully saturated rings. The summed E-state index contributed by atoms with van der Waals surface area (Å²) in [7, 11) is 0. The predicted octanol–water partition coefficient (Wildman–Crippen LogP) is 4.36. The standard InChI is InChI=1S/C21H17N5/c1-14-4-3-5-17(10-14)19(12-23)20-15(2)13-24-21(26-20)25-18-8-6-16(11-22)7-9-18/h3-10,13,19H,1-2H3,(H,24,25,26). The van der Waals surface area contributed by atoms with Crippen molar-refractivity contribution in [2.24, 2.45) is 0 Å². The third-order valence-electron chi connectivity index (χ3n) is 4.06. The molecule has 1 atom stereocenters. The van der Waals surface area contributed by atoms with Gasteiger partial charge in [-0.1, -0.05) is 29.8 Å². The number of nitrogens with zero attached hydrogens (tertiary/aromatic N) is 4. The highest BCUT2D eigenvalue weighted by atomic mass is 15.1. The highest BCUT2D eigenvalue weighted by Crippen LogP contribution is 2.27. The summed E-state index contributed by atoms with van der Waals surface area (Å²) >= 11 is 0. The van der Waals surface area contributed by atoms with Crippen LogP contribution in [0.3, 0.4) is 0 Å². The first-order valence-corrected chi connectivity index (χ1v) is 8.17. The molecule has 0 aliphatic carbocycles. The molecule has 3 aromatic rings. The molecule has 126 valence electrons. The maximum absolute atomic E-state index is 9.73. The number of benzene rings is 2. The maximum Gasteiger partial charge on any atom is 0.227 e. The largest absolute Gasteiger partial charge is 0.324 e. The van der Waals surface area contributed by atoms with Gasteiger partial charge in [-0.05, 0) is 49.2 Å². The average molecular weight is 339 g/mol. The molecule has 1 N–H and O–H groups in total. The number of aromatic nitrogens is 2. The molecule has 0 spiro atoms. The molecular formula is C21H17N5. The molecule has 0 saturated carbocycles. The van der Waals surface area contributed by atoms with E-state index in [9.17, 15) is 5.26 Å². The van der Waals surface area contributed by atoms with Crippen molar-refractivity contribution >= 4 is 11.6 Å². The molecular weight excluding hydrogens is 322 g/mol. The van der Waals surface area contributed by atoms with Crippen LogP contribution in [0.25, 0.3) is 0 Å². The molecule has 0 aliphatic rings. The van der Waals surface area contributed by atoms with Crippen molar-refractivity contribution in [3.05, 3.63) is 82.7 Å². The molecule has 0 amide bonds. The first kappa shape index (κ1) is 17.1. The predicted molar refractivity (Wildman–Crippen MR) is 99.8 cm³/mol. The Labute approximate surface area is 152 Å². The third kappa shape index (κ3) is 3.68. The Morgan fingerprint density at radius 3 is 2.46 bits per heavy atom. The fourth-order valence-corrected chi connectivity index (χ4v) is 2.71. The Bertz CT molecular complexity index is 1010. The van der Waals surface area contributed by atoms with Crippen LogP contribution in [0.15, 0.2) is 54.7 Å². The minimum absolute atomic E-state index is 0.420. The van der Waals surface area contributed by atoms with Crippen molar-refractivity contribution in [3.8, 4) is 12.1 Å². The van der Waals surface area contributed by atoms with Gasteiger partial charge in [0.2, 0.25) is 5.95 Å². The summed E-state index contributed by atoms with van der Waals surface area (Å²) < 4.78 is 0. The fourth-order valence-electron chi connectivity index (χ4n) is 2.71. The van der Waals surface area contributed by atoms with Gasteiger partial charge in [-0.25, -0.2) is 9.97 Å². The molecule has 3 rings (SSSR count). The topological polar surface area (TPSA) is 85.4 Å². The Hall–Kier alpha value is -3.70. The van der Waals surface area contributed by atoms with Crippen LogP contribution in [0.4, 0.5) is 11.6 Å². The van der Waals surface area contributed by atoms with E-state index in [4.69, 9.17) is 5.26 Å². The van der Waals surface area contributed by atoms with Gasteiger partial charge in [-0.3, -0.25) is 0 Å². The molecule has 0 aliphatic heterocycles. The van der Waals surface area contributed by atoms with Crippen LogP contribution in [-0.4, -0.2) is 9.97 Å². The van der Waals surface area contributed by atoms with Gasteiger partial charge in [0, 0.05) is 11.9 Å². The molecule has 0 saturated heterocycles. The molecule has 0 bridgehead atoms. The van der Waals surface area contributed by atoms with Crippen LogP contribution in [0.2, 0.25) is 0 Å². The highest BCUT2D eigenvalue weighted by Gasteiger charge is 2.18.